The molecule has 29 heavy (non-hydrogen) atoms. The molecule has 7 heteroatoms. The largest absolute Gasteiger partial charge is 0.273 e. The molecule has 3 atom stereocenters. The smallest absolute Gasteiger partial charge is 0.266 e. The maximum atomic E-state index is 13.4. The molecule has 0 N–H and O–H groups in total. The van der Waals surface area contributed by atoms with Gasteiger partial charge in [0, 0.05) is 9.90 Å². The lowest BCUT2D eigenvalue weighted by Gasteiger charge is -2.27. The van der Waals surface area contributed by atoms with Crippen molar-refractivity contribution in [2.45, 2.75) is 19.1 Å². The van der Waals surface area contributed by atoms with Crippen LogP contribution in [-0.2, 0) is 14.4 Å². The zero-order chi connectivity index (χ0) is 20.1. The summed E-state index contributed by atoms with van der Waals surface area (Å²) in [6.45, 7) is 1.96. The molecule has 2 fully saturated rings. The number of benzene rings is 2. The topological polar surface area (TPSA) is 49.9 Å². The Morgan fingerprint density at radius 2 is 1.62 bits per heavy atom. The van der Waals surface area contributed by atoms with Crippen LogP contribution in [0.25, 0.3) is 0 Å². The predicted molar refractivity (Wildman–Crippen MR) is 113 cm³/mol. The van der Waals surface area contributed by atoms with Crippen molar-refractivity contribution in [1.82, 2.24) is 0 Å². The van der Waals surface area contributed by atoms with Gasteiger partial charge in [-0.05, 0) is 54.8 Å². The summed E-state index contributed by atoms with van der Waals surface area (Å²) in [5.41, 5.74) is 2.39. The maximum absolute atomic E-state index is 13.4. The van der Waals surface area contributed by atoms with Crippen LogP contribution in [0.4, 0.5) is 11.4 Å². The lowest BCUT2D eigenvalue weighted by molar-refractivity contribution is -0.126. The van der Waals surface area contributed by atoms with E-state index in [1.807, 2.05) is 48.7 Å². The van der Waals surface area contributed by atoms with Gasteiger partial charge in [0.2, 0.25) is 5.91 Å². The molecule has 0 unspecified atom stereocenters. The number of hydrogen-bond acceptors (Lipinski definition) is 5. The molecule has 2 aliphatic heterocycles. The number of hydroxylamine groups is 1. The molecular formula is C22H17ClN2O3S. The second kappa shape index (κ2) is 6.99. The summed E-state index contributed by atoms with van der Waals surface area (Å²) in [5.74, 6) is -1.18. The minimum atomic E-state index is -0.855. The summed E-state index contributed by atoms with van der Waals surface area (Å²) >= 11 is 7.57. The van der Waals surface area contributed by atoms with E-state index in [0.717, 1.165) is 16.1 Å². The third kappa shape index (κ3) is 2.95. The highest BCUT2D eigenvalue weighted by molar-refractivity contribution is 7.10. The lowest BCUT2D eigenvalue weighted by atomic mass is 9.95. The Morgan fingerprint density at radius 1 is 0.931 bits per heavy atom. The Balaban J connectivity index is 1.56. The van der Waals surface area contributed by atoms with Crippen molar-refractivity contribution in [1.29, 1.82) is 0 Å². The normalized spacial score (nSPS) is 23.7. The van der Waals surface area contributed by atoms with Gasteiger partial charge in [-0.25, -0.2) is 9.96 Å². The van der Waals surface area contributed by atoms with E-state index in [9.17, 15) is 9.59 Å². The molecule has 2 saturated heterocycles. The van der Waals surface area contributed by atoms with E-state index in [1.54, 1.807) is 40.7 Å². The number of hydrogen-bond donors (Lipinski definition) is 0. The van der Waals surface area contributed by atoms with Crippen LogP contribution in [0.1, 0.15) is 16.5 Å². The Bertz CT molecular complexity index is 1070. The second-order valence-electron chi connectivity index (χ2n) is 7.16. The average molecular weight is 425 g/mol. The molecule has 0 aliphatic carbocycles. The van der Waals surface area contributed by atoms with Gasteiger partial charge in [0.05, 0.1) is 11.4 Å². The van der Waals surface area contributed by atoms with E-state index >= 15 is 0 Å². The van der Waals surface area contributed by atoms with Crippen molar-refractivity contribution in [3.8, 4) is 0 Å². The molecule has 5 rings (SSSR count). The molecule has 146 valence electrons. The van der Waals surface area contributed by atoms with Gasteiger partial charge < -0.3 is 0 Å². The summed E-state index contributed by atoms with van der Waals surface area (Å²) in [7, 11) is 0. The van der Waals surface area contributed by atoms with Gasteiger partial charge in [0.1, 0.15) is 12.0 Å². The van der Waals surface area contributed by atoms with Crippen LogP contribution >= 0.6 is 22.9 Å². The summed E-state index contributed by atoms with van der Waals surface area (Å²) < 4.78 is 0. The van der Waals surface area contributed by atoms with Gasteiger partial charge in [-0.1, -0.05) is 35.4 Å². The average Bonchev–Trinajstić information content (AvgIpc) is 3.41. The number of carbonyl (C=O) groups excluding carboxylic acids is 2. The molecule has 2 amide bonds. The Hall–Kier alpha value is -2.67. The quantitative estimate of drug-likeness (QED) is 0.569. The van der Waals surface area contributed by atoms with Crippen molar-refractivity contribution in [2.75, 3.05) is 9.96 Å². The Kier molecular flexibility index (Phi) is 4.42. The standard InChI is InChI=1S/C22H17ClN2O3S/c1-13-4-8-15(9-5-13)24-21(26)18-19(17-3-2-12-29-17)25(28-20(18)22(24)27)16-10-6-14(23)7-11-16/h2-12,18-20H,1H3/t18-,19-,20-/m0/s1. The van der Waals surface area contributed by atoms with E-state index in [4.69, 9.17) is 16.4 Å². The van der Waals surface area contributed by atoms with Gasteiger partial charge in [-0.2, -0.15) is 0 Å². The first-order valence-electron chi connectivity index (χ1n) is 9.24. The van der Waals surface area contributed by atoms with Crippen molar-refractivity contribution >= 4 is 46.1 Å². The van der Waals surface area contributed by atoms with Crippen molar-refractivity contribution < 1.29 is 14.4 Å². The number of rotatable bonds is 3. The number of aryl methyl sites for hydroxylation is 1. The summed E-state index contributed by atoms with van der Waals surface area (Å²) in [5, 5.41) is 4.25. The Labute approximate surface area is 177 Å². The van der Waals surface area contributed by atoms with E-state index in [2.05, 4.69) is 0 Å². The number of carbonyl (C=O) groups is 2. The first-order valence-corrected chi connectivity index (χ1v) is 10.5. The number of imide groups is 1. The molecule has 0 radical (unpaired) electrons. The van der Waals surface area contributed by atoms with Crippen LogP contribution in [0.2, 0.25) is 5.02 Å². The molecular weight excluding hydrogens is 408 g/mol. The van der Waals surface area contributed by atoms with E-state index < -0.39 is 12.0 Å². The zero-order valence-electron chi connectivity index (χ0n) is 15.5. The summed E-state index contributed by atoms with van der Waals surface area (Å²) in [4.78, 5) is 34.9. The fourth-order valence-corrected chi connectivity index (χ4v) is 4.90. The first kappa shape index (κ1) is 18.4. The minimum Gasteiger partial charge on any atom is -0.273 e. The predicted octanol–water partition coefficient (Wildman–Crippen LogP) is 4.76. The second-order valence-corrected chi connectivity index (χ2v) is 8.58. The molecule has 0 spiro atoms. The van der Waals surface area contributed by atoms with Gasteiger partial charge in [-0.3, -0.25) is 14.4 Å². The van der Waals surface area contributed by atoms with Crippen molar-refractivity contribution in [2.24, 2.45) is 5.92 Å². The third-order valence-electron chi connectivity index (χ3n) is 5.32. The number of nitrogens with zero attached hydrogens (tertiary/aromatic N) is 2. The maximum Gasteiger partial charge on any atom is 0.266 e. The minimum absolute atomic E-state index is 0.237. The highest BCUT2D eigenvalue weighted by atomic mass is 35.5. The molecule has 3 aromatic rings. The molecule has 2 aliphatic rings. The van der Waals surface area contributed by atoms with E-state index in [-0.39, 0.29) is 17.9 Å². The number of halogens is 1. The molecule has 2 aromatic carbocycles. The third-order valence-corrected chi connectivity index (χ3v) is 6.52. The van der Waals surface area contributed by atoms with Crippen LogP contribution in [-0.4, -0.2) is 17.9 Å². The highest BCUT2D eigenvalue weighted by Crippen LogP contribution is 2.48. The fraction of sp³-hybridized carbons (Fsp3) is 0.182. The van der Waals surface area contributed by atoms with Gasteiger partial charge in [0.15, 0.2) is 6.10 Å². The van der Waals surface area contributed by atoms with Gasteiger partial charge in [-0.15, -0.1) is 11.3 Å². The highest BCUT2D eigenvalue weighted by Gasteiger charge is 2.60. The van der Waals surface area contributed by atoms with Crippen molar-refractivity contribution in [3.63, 3.8) is 0 Å². The monoisotopic (exact) mass is 424 g/mol. The van der Waals surface area contributed by atoms with Crippen LogP contribution in [0.5, 0.6) is 0 Å². The molecule has 1 aromatic heterocycles. The number of anilines is 2. The molecule has 0 bridgehead atoms. The Morgan fingerprint density at radius 3 is 2.28 bits per heavy atom. The first-order chi connectivity index (χ1) is 14.0. The molecule has 5 nitrogen and oxygen atoms in total. The van der Waals surface area contributed by atoms with Crippen molar-refractivity contribution in [3.05, 3.63) is 81.5 Å². The number of fused-ring (bicyclic) bond motifs is 1. The number of amides is 2. The number of thiophene rings is 1. The lowest BCUT2D eigenvalue weighted by Crippen LogP contribution is -2.37. The zero-order valence-corrected chi connectivity index (χ0v) is 17.1. The van der Waals surface area contributed by atoms with Crippen LogP contribution < -0.4 is 9.96 Å². The summed E-state index contributed by atoms with van der Waals surface area (Å²) in [6, 6.07) is 18.1. The van der Waals surface area contributed by atoms with Crippen LogP contribution in [0.15, 0.2) is 66.0 Å². The van der Waals surface area contributed by atoms with E-state index in [0.29, 0.717) is 10.7 Å². The van der Waals surface area contributed by atoms with Gasteiger partial charge >= 0.3 is 0 Å². The van der Waals surface area contributed by atoms with Crippen LogP contribution in [0, 0.1) is 12.8 Å². The summed E-state index contributed by atoms with van der Waals surface area (Å²) in [6.07, 6.45) is -0.855. The molecule has 0 saturated carbocycles. The fourth-order valence-electron chi connectivity index (χ4n) is 3.92. The van der Waals surface area contributed by atoms with E-state index in [1.165, 1.54) is 4.90 Å². The van der Waals surface area contributed by atoms with Gasteiger partial charge in [0.25, 0.3) is 5.91 Å². The SMILES string of the molecule is Cc1ccc(N2C(=O)[C@@H]3[C@H](ON(c4ccc(Cl)cc4)[C@H]3c3cccs3)C2=O)cc1. The van der Waals surface area contributed by atoms with Crippen LogP contribution in [0.3, 0.4) is 0 Å². The molecule has 3 heterocycles.